The summed E-state index contributed by atoms with van der Waals surface area (Å²) in [6, 6.07) is 15.8. The first-order chi connectivity index (χ1) is 17.5. The van der Waals surface area contributed by atoms with Gasteiger partial charge in [-0.1, -0.05) is 54.6 Å². The van der Waals surface area contributed by atoms with Crippen LogP contribution in [0.25, 0.3) is 0 Å². The zero-order valence-corrected chi connectivity index (χ0v) is 21.5. The number of benzene rings is 2. The summed E-state index contributed by atoms with van der Waals surface area (Å²) in [6.45, 7) is 5.40. The van der Waals surface area contributed by atoms with Gasteiger partial charge in [-0.3, -0.25) is 14.5 Å². The predicted octanol–water partition coefficient (Wildman–Crippen LogP) is 4.01. The molecule has 2 aliphatic rings. The fraction of sp³-hybridized carbons (Fsp3) is 0.407. The number of hydrogen-bond donors (Lipinski definition) is 2. The van der Waals surface area contributed by atoms with Gasteiger partial charge in [-0.05, 0) is 41.8 Å². The van der Waals surface area contributed by atoms with Gasteiger partial charge in [0.25, 0.3) is 0 Å². The molecule has 0 radical (unpaired) electrons. The standard InChI is InChI=1S/C26H29ClN6O2S.CH4/c27-21-6-1-18(2-7-21)5-10-23-30-31-26(36-23)29-25(35)20-15-24(34)33(17-20)22-8-3-19(4-9-22)16-32-13-11-28-12-14-32;/h1-4,6-9,20,28H,5,10-17H2,(H,29,31,35);1H4. The third kappa shape index (κ3) is 7.13. The van der Waals surface area contributed by atoms with Crippen molar-refractivity contribution in [2.24, 2.45) is 5.92 Å². The van der Waals surface area contributed by atoms with Crippen LogP contribution in [0, 0.1) is 5.92 Å². The van der Waals surface area contributed by atoms with E-state index in [0.717, 1.165) is 56.3 Å². The minimum atomic E-state index is -0.417. The zero-order chi connectivity index (χ0) is 24.9. The van der Waals surface area contributed by atoms with Gasteiger partial charge in [0.15, 0.2) is 0 Å². The SMILES string of the molecule is C.O=C(Nc1nnc(CCc2ccc(Cl)cc2)s1)C1CC(=O)N(c2ccc(CN3CCNCC3)cc2)C1. The van der Waals surface area contributed by atoms with Gasteiger partial charge >= 0.3 is 0 Å². The highest BCUT2D eigenvalue weighted by Gasteiger charge is 2.35. The van der Waals surface area contributed by atoms with Crippen molar-refractivity contribution in [2.75, 3.05) is 42.9 Å². The van der Waals surface area contributed by atoms with Gasteiger partial charge in [-0.2, -0.15) is 0 Å². The van der Waals surface area contributed by atoms with Gasteiger partial charge in [0, 0.05) is 62.8 Å². The van der Waals surface area contributed by atoms with Crippen LogP contribution in [0.3, 0.4) is 0 Å². The Labute approximate surface area is 227 Å². The van der Waals surface area contributed by atoms with E-state index in [1.54, 1.807) is 4.90 Å². The molecule has 10 heteroatoms. The van der Waals surface area contributed by atoms with E-state index in [1.807, 2.05) is 36.4 Å². The van der Waals surface area contributed by atoms with Gasteiger partial charge < -0.3 is 15.5 Å². The summed E-state index contributed by atoms with van der Waals surface area (Å²) in [6.07, 6.45) is 1.74. The molecule has 0 spiro atoms. The van der Waals surface area contributed by atoms with Crippen LogP contribution in [0.1, 0.15) is 30.0 Å². The Balaban J connectivity index is 0.00000320. The van der Waals surface area contributed by atoms with Crippen molar-refractivity contribution in [3.63, 3.8) is 0 Å². The maximum atomic E-state index is 12.9. The monoisotopic (exact) mass is 540 g/mol. The molecule has 2 amide bonds. The van der Waals surface area contributed by atoms with Crippen LogP contribution in [-0.2, 0) is 29.0 Å². The molecule has 0 aliphatic carbocycles. The lowest BCUT2D eigenvalue weighted by Crippen LogP contribution is -2.42. The first kappa shape index (κ1) is 27.2. The Morgan fingerprint density at radius 3 is 2.46 bits per heavy atom. The number of carbonyl (C=O) groups excluding carboxylic acids is 2. The molecule has 5 rings (SSSR count). The van der Waals surface area contributed by atoms with E-state index in [4.69, 9.17) is 11.6 Å². The van der Waals surface area contributed by atoms with Crippen LogP contribution in [0.2, 0.25) is 5.02 Å². The highest BCUT2D eigenvalue weighted by atomic mass is 35.5. The Hall–Kier alpha value is -2.85. The zero-order valence-electron chi connectivity index (χ0n) is 20.0. The summed E-state index contributed by atoms with van der Waals surface area (Å²) in [5, 5.41) is 16.6. The van der Waals surface area contributed by atoms with Crippen molar-refractivity contribution in [1.82, 2.24) is 20.4 Å². The molecule has 2 fully saturated rings. The molecule has 2 aliphatic heterocycles. The Morgan fingerprint density at radius 1 is 1.03 bits per heavy atom. The number of anilines is 2. The summed E-state index contributed by atoms with van der Waals surface area (Å²) < 4.78 is 0. The second-order valence-electron chi connectivity index (χ2n) is 9.21. The third-order valence-electron chi connectivity index (χ3n) is 6.60. The molecule has 196 valence electrons. The van der Waals surface area contributed by atoms with E-state index in [2.05, 4.69) is 37.9 Å². The van der Waals surface area contributed by atoms with Crippen molar-refractivity contribution in [3.8, 4) is 0 Å². The number of nitrogens with one attached hydrogen (secondary N) is 2. The topological polar surface area (TPSA) is 90.5 Å². The second kappa shape index (κ2) is 12.6. The first-order valence-corrected chi connectivity index (χ1v) is 13.4. The molecule has 2 N–H and O–H groups in total. The number of aromatic nitrogens is 2. The van der Waals surface area contributed by atoms with Crippen molar-refractivity contribution in [1.29, 1.82) is 0 Å². The average Bonchev–Trinajstić information content (AvgIpc) is 3.51. The fourth-order valence-electron chi connectivity index (χ4n) is 4.56. The summed E-state index contributed by atoms with van der Waals surface area (Å²) in [5.41, 5.74) is 3.23. The number of amides is 2. The molecule has 8 nitrogen and oxygen atoms in total. The van der Waals surface area contributed by atoms with Gasteiger partial charge in [0.05, 0.1) is 5.92 Å². The number of piperazine rings is 1. The average molecular weight is 541 g/mol. The highest BCUT2D eigenvalue weighted by Crippen LogP contribution is 2.27. The molecule has 0 saturated carbocycles. The number of carbonyl (C=O) groups is 2. The van der Waals surface area contributed by atoms with Crippen LogP contribution in [0.5, 0.6) is 0 Å². The van der Waals surface area contributed by atoms with E-state index < -0.39 is 5.92 Å². The Morgan fingerprint density at radius 2 is 1.73 bits per heavy atom. The molecule has 1 unspecified atom stereocenters. The number of rotatable bonds is 8. The first-order valence-electron chi connectivity index (χ1n) is 12.2. The number of halogens is 1. The second-order valence-corrected chi connectivity index (χ2v) is 10.7. The summed E-state index contributed by atoms with van der Waals surface area (Å²) in [4.78, 5) is 29.7. The maximum absolute atomic E-state index is 12.9. The molecule has 3 heterocycles. The van der Waals surface area contributed by atoms with E-state index >= 15 is 0 Å². The minimum absolute atomic E-state index is 0. The highest BCUT2D eigenvalue weighted by molar-refractivity contribution is 7.15. The van der Waals surface area contributed by atoms with Crippen LogP contribution in [0.4, 0.5) is 10.8 Å². The Kier molecular flexibility index (Phi) is 9.26. The van der Waals surface area contributed by atoms with Gasteiger partial charge in [0.2, 0.25) is 16.9 Å². The lowest BCUT2D eigenvalue weighted by atomic mass is 10.1. The van der Waals surface area contributed by atoms with Crippen molar-refractivity contribution in [2.45, 2.75) is 33.2 Å². The van der Waals surface area contributed by atoms with Crippen LogP contribution >= 0.6 is 22.9 Å². The van der Waals surface area contributed by atoms with Crippen molar-refractivity contribution in [3.05, 3.63) is 69.7 Å². The number of aryl methyl sites for hydroxylation is 2. The normalized spacial score (nSPS) is 18.0. The van der Waals surface area contributed by atoms with Crippen LogP contribution < -0.4 is 15.5 Å². The largest absolute Gasteiger partial charge is 0.314 e. The Bertz CT molecular complexity index is 1190. The van der Waals surface area contributed by atoms with Crippen molar-refractivity contribution < 1.29 is 9.59 Å². The van der Waals surface area contributed by atoms with Gasteiger partial charge in [-0.25, -0.2) is 0 Å². The molecule has 1 atom stereocenters. The summed E-state index contributed by atoms with van der Waals surface area (Å²) >= 11 is 7.31. The minimum Gasteiger partial charge on any atom is -0.314 e. The molecule has 2 saturated heterocycles. The quantitative estimate of drug-likeness (QED) is 0.449. The molecular formula is C27H33ClN6O2S. The molecule has 37 heavy (non-hydrogen) atoms. The molecule has 2 aromatic carbocycles. The lowest BCUT2D eigenvalue weighted by molar-refractivity contribution is -0.122. The number of nitrogens with zero attached hydrogens (tertiary/aromatic N) is 4. The predicted molar refractivity (Wildman–Crippen MR) is 149 cm³/mol. The maximum Gasteiger partial charge on any atom is 0.231 e. The van der Waals surface area contributed by atoms with E-state index in [0.29, 0.717) is 16.7 Å². The van der Waals surface area contributed by atoms with Crippen LogP contribution in [-0.4, -0.2) is 59.6 Å². The molecule has 3 aromatic rings. The van der Waals surface area contributed by atoms with Gasteiger partial charge in [0.1, 0.15) is 5.01 Å². The van der Waals surface area contributed by atoms with Crippen LogP contribution in [0.15, 0.2) is 48.5 Å². The van der Waals surface area contributed by atoms with E-state index in [9.17, 15) is 9.59 Å². The lowest BCUT2D eigenvalue weighted by Gasteiger charge is -2.27. The molecular weight excluding hydrogens is 508 g/mol. The molecule has 0 bridgehead atoms. The number of hydrogen-bond acceptors (Lipinski definition) is 7. The summed E-state index contributed by atoms with van der Waals surface area (Å²) in [7, 11) is 0. The third-order valence-corrected chi connectivity index (χ3v) is 7.75. The van der Waals surface area contributed by atoms with E-state index in [1.165, 1.54) is 22.5 Å². The fourth-order valence-corrected chi connectivity index (χ4v) is 5.42. The summed E-state index contributed by atoms with van der Waals surface area (Å²) in [5.74, 6) is -0.646. The molecule has 1 aromatic heterocycles. The van der Waals surface area contributed by atoms with E-state index in [-0.39, 0.29) is 25.7 Å². The van der Waals surface area contributed by atoms with Gasteiger partial charge in [-0.15, -0.1) is 10.2 Å². The van der Waals surface area contributed by atoms with Crippen molar-refractivity contribution >= 4 is 45.6 Å². The smallest absolute Gasteiger partial charge is 0.231 e.